The quantitative estimate of drug-likeness (QED) is 0.0713. The Hall–Kier alpha value is -3.02. The SMILES string of the molecule is O=C(O)C1=CO[C@@H](O[C@@H]2O[C@H](CO)[C@@H](O)[C@H](O)[C@H]2O)[C@@H]2C(COC(=O)C3=CO[C@@H](O[C@@H]4O[C@H](CO)[C@@H](O)[C@H](O)[C@H]4O)[C@@H]4C(CO)=CC[C@H]34)=CC[C@H]12. The number of allylic oxidation sites excluding steroid dienone is 2. The number of esters is 1. The molecular weight excluding hydrogens is 688 g/mol. The van der Waals surface area contributed by atoms with Gasteiger partial charge in [-0.2, -0.15) is 0 Å². The number of carboxylic acids is 1. The van der Waals surface area contributed by atoms with Crippen LogP contribution in [0.3, 0.4) is 0 Å². The van der Waals surface area contributed by atoms with Gasteiger partial charge in [-0.25, -0.2) is 9.59 Å². The fourth-order valence-corrected chi connectivity index (χ4v) is 7.46. The van der Waals surface area contributed by atoms with Crippen LogP contribution in [0.15, 0.2) is 47.0 Å². The first-order valence-electron chi connectivity index (χ1n) is 16.4. The Morgan fingerprint density at radius 1 is 0.647 bits per heavy atom. The minimum atomic E-state index is -1.76. The molecule has 2 fully saturated rings. The monoisotopic (exact) mass is 730 g/mol. The Kier molecular flexibility index (Phi) is 11.5. The summed E-state index contributed by atoms with van der Waals surface area (Å²) in [5.74, 6) is -5.03. The summed E-state index contributed by atoms with van der Waals surface area (Å²) >= 11 is 0. The van der Waals surface area contributed by atoms with Gasteiger partial charge in [0.2, 0.25) is 12.6 Å². The van der Waals surface area contributed by atoms with Crippen molar-refractivity contribution in [3.05, 3.63) is 47.0 Å². The minimum Gasteiger partial charge on any atom is -0.478 e. The third-order valence-corrected chi connectivity index (χ3v) is 10.3. The summed E-state index contributed by atoms with van der Waals surface area (Å²) in [6, 6.07) is 0. The highest BCUT2D eigenvalue weighted by atomic mass is 16.8. The highest BCUT2D eigenvalue weighted by Crippen LogP contribution is 2.46. The van der Waals surface area contributed by atoms with E-state index in [4.69, 9.17) is 33.2 Å². The van der Waals surface area contributed by atoms with E-state index in [2.05, 4.69) is 0 Å². The summed E-state index contributed by atoms with van der Waals surface area (Å²) in [7, 11) is 0. The van der Waals surface area contributed by atoms with Crippen LogP contribution in [0.25, 0.3) is 0 Å². The zero-order chi connectivity index (χ0) is 36.7. The molecule has 0 aromatic heterocycles. The second-order valence-corrected chi connectivity index (χ2v) is 13.2. The molecule has 4 heterocycles. The third kappa shape index (κ3) is 7.07. The van der Waals surface area contributed by atoms with E-state index in [0.717, 1.165) is 12.5 Å². The summed E-state index contributed by atoms with van der Waals surface area (Å²) in [5.41, 5.74) is 0.850. The molecule has 2 saturated heterocycles. The van der Waals surface area contributed by atoms with Crippen molar-refractivity contribution in [2.45, 2.75) is 86.8 Å². The van der Waals surface area contributed by atoms with Gasteiger partial charge in [-0.15, -0.1) is 0 Å². The normalized spacial score (nSPS) is 43.4. The van der Waals surface area contributed by atoms with Crippen LogP contribution in [0.2, 0.25) is 0 Å². The highest BCUT2D eigenvalue weighted by molar-refractivity contribution is 5.89. The van der Waals surface area contributed by atoms with E-state index in [1.807, 2.05) is 0 Å². The van der Waals surface area contributed by atoms with Crippen molar-refractivity contribution in [2.75, 3.05) is 26.4 Å². The number of aliphatic hydroxyl groups excluding tert-OH is 9. The van der Waals surface area contributed by atoms with Gasteiger partial charge in [0, 0.05) is 11.8 Å². The van der Waals surface area contributed by atoms with E-state index >= 15 is 0 Å². The molecule has 16 atom stereocenters. The van der Waals surface area contributed by atoms with E-state index < -0.39 is 129 Å². The molecule has 4 aliphatic heterocycles. The molecule has 0 bridgehead atoms. The lowest BCUT2D eigenvalue weighted by molar-refractivity contribution is -0.339. The number of rotatable bonds is 11. The number of hydrogen-bond acceptors (Lipinski definition) is 18. The van der Waals surface area contributed by atoms with Crippen LogP contribution < -0.4 is 0 Å². The molecule has 51 heavy (non-hydrogen) atoms. The lowest BCUT2D eigenvalue weighted by Gasteiger charge is -2.43. The highest BCUT2D eigenvalue weighted by Gasteiger charge is 2.52. The lowest BCUT2D eigenvalue weighted by Crippen LogP contribution is -2.60. The van der Waals surface area contributed by atoms with Crippen molar-refractivity contribution >= 4 is 11.9 Å². The zero-order valence-corrected chi connectivity index (χ0v) is 26.9. The molecule has 19 nitrogen and oxygen atoms in total. The predicted molar refractivity (Wildman–Crippen MR) is 161 cm³/mol. The Morgan fingerprint density at radius 2 is 1.12 bits per heavy atom. The molecule has 0 amide bonds. The molecule has 10 N–H and O–H groups in total. The fourth-order valence-electron chi connectivity index (χ4n) is 7.46. The summed E-state index contributed by atoms with van der Waals surface area (Å²) in [6.45, 7) is -2.17. The molecule has 2 aliphatic carbocycles. The van der Waals surface area contributed by atoms with Gasteiger partial charge in [0.05, 0.1) is 55.3 Å². The molecule has 0 saturated carbocycles. The molecule has 284 valence electrons. The first-order chi connectivity index (χ1) is 24.4. The molecule has 0 spiro atoms. The summed E-state index contributed by atoms with van der Waals surface area (Å²) in [4.78, 5) is 25.6. The van der Waals surface area contributed by atoms with Crippen molar-refractivity contribution in [3.8, 4) is 0 Å². The number of carbonyl (C=O) groups excluding carboxylic acids is 1. The van der Waals surface area contributed by atoms with Gasteiger partial charge in [-0.05, 0) is 24.0 Å². The summed E-state index contributed by atoms with van der Waals surface area (Å²) in [6.07, 6.45) is -12.4. The van der Waals surface area contributed by atoms with Gasteiger partial charge in [0.15, 0.2) is 12.6 Å². The number of carboxylic acid groups (broad SMARTS) is 1. The molecule has 6 aliphatic rings. The van der Waals surface area contributed by atoms with Crippen LogP contribution in [-0.4, -0.2) is 163 Å². The van der Waals surface area contributed by atoms with E-state index in [-0.39, 0.29) is 30.6 Å². The number of ether oxygens (including phenoxy) is 7. The van der Waals surface area contributed by atoms with E-state index in [0.29, 0.717) is 11.1 Å². The number of carbonyl (C=O) groups is 2. The van der Waals surface area contributed by atoms with Crippen molar-refractivity contribution in [2.24, 2.45) is 23.7 Å². The van der Waals surface area contributed by atoms with Crippen molar-refractivity contribution in [3.63, 3.8) is 0 Å². The minimum absolute atomic E-state index is 0.0728. The third-order valence-electron chi connectivity index (χ3n) is 10.3. The van der Waals surface area contributed by atoms with E-state index in [1.54, 1.807) is 12.2 Å². The van der Waals surface area contributed by atoms with Crippen molar-refractivity contribution < 1.29 is 93.8 Å². The van der Waals surface area contributed by atoms with Crippen molar-refractivity contribution in [1.82, 2.24) is 0 Å². The largest absolute Gasteiger partial charge is 0.478 e. The molecule has 0 aromatic rings. The average Bonchev–Trinajstić information content (AvgIpc) is 3.76. The maximum Gasteiger partial charge on any atom is 0.337 e. The number of aliphatic hydroxyl groups is 9. The number of hydrogen-bond donors (Lipinski definition) is 10. The standard InChI is InChI=1S/C32H42O19/c33-5-11-1-3-14-16(10-47-29(19(11)14)50-31-25(40)23(38)21(36)17(6-34)48-31)28(44)45-8-12-2-4-13-15(27(42)43)9-46-30(20(12)13)51-32-26(41)24(39)22(37)18(7-35)49-32/h1-2,9-10,13-14,17-26,29-41H,3-8H2,(H,42,43)/t13-,14-,17-,18-,19-,20-,21-,22-,23+,24+,25-,26-,29+,30+,31+,32+/m1/s1. The molecular formula is C32H42O19. The summed E-state index contributed by atoms with van der Waals surface area (Å²) < 4.78 is 39.5. The maximum atomic E-state index is 13.5. The molecule has 6 rings (SSSR count). The Balaban J connectivity index is 1.15. The second kappa shape index (κ2) is 15.5. The zero-order valence-electron chi connectivity index (χ0n) is 26.9. The van der Waals surface area contributed by atoms with Gasteiger partial charge < -0.3 is 84.2 Å². The van der Waals surface area contributed by atoms with Crippen LogP contribution in [0.5, 0.6) is 0 Å². The van der Waals surface area contributed by atoms with Gasteiger partial charge in [-0.3, -0.25) is 0 Å². The van der Waals surface area contributed by atoms with Gasteiger partial charge in [-0.1, -0.05) is 12.2 Å². The first kappa shape index (κ1) is 37.7. The van der Waals surface area contributed by atoms with E-state index in [9.17, 15) is 60.7 Å². The van der Waals surface area contributed by atoms with Gasteiger partial charge in [0.25, 0.3) is 0 Å². The van der Waals surface area contributed by atoms with Crippen LogP contribution in [0, 0.1) is 23.7 Å². The molecule has 0 aromatic carbocycles. The summed E-state index contributed by atoms with van der Waals surface area (Å²) in [5, 5.41) is 101. The maximum absolute atomic E-state index is 13.5. The smallest absolute Gasteiger partial charge is 0.337 e. The van der Waals surface area contributed by atoms with E-state index in [1.165, 1.54) is 0 Å². The van der Waals surface area contributed by atoms with Crippen molar-refractivity contribution in [1.29, 1.82) is 0 Å². The second-order valence-electron chi connectivity index (χ2n) is 13.2. The van der Waals surface area contributed by atoms with Crippen LogP contribution >= 0.6 is 0 Å². The van der Waals surface area contributed by atoms with Crippen LogP contribution in [-0.2, 0) is 42.7 Å². The first-order valence-corrected chi connectivity index (χ1v) is 16.4. The average molecular weight is 731 g/mol. The number of aliphatic carboxylic acids is 1. The fraction of sp³-hybridized carbons (Fsp3) is 0.688. The van der Waals surface area contributed by atoms with Gasteiger partial charge in [0.1, 0.15) is 55.4 Å². The van der Waals surface area contributed by atoms with Crippen LogP contribution in [0.4, 0.5) is 0 Å². The Labute approximate surface area is 289 Å². The molecule has 0 radical (unpaired) electrons. The van der Waals surface area contributed by atoms with Gasteiger partial charge >= 0.3 is 11.9 Å². The lowest BCUT2D eigenvalue weighted by atomic mass is 9.83. The topological polar surface area (TPSA) is 301 Å². The Morgan fingerprint density at radius 3 is 1.61 bits per heavy atom. The molecule has 0 unspecified atom stereocenters. The number of fused-ring (bicyclic) bond motifs is 2. The Bertz CT molecular complexity index is 1420. The predicted octanol–water partition coefficient (Wildman–Crippen LogP) is -4.16. The van der Waals surface area contributed by atoms with Crippen LogP contribution in [0.1, 0.15) is 12.8 Å². The molecule has 19 heteroatoms.